The van der Waals surface area contributed by atoms with Gasteiger partial charge in [-0.1, -0.05) is 18.2 Å². The van der Waals surface area contributed by atoms with Crippen LogP contribution >= 0.6 is 0 Å². The summed E-state index contributed by atoms with van der Waals surface area (Å²) in [6.45, 7) is 6.56. The van der Waals surface area contributed by atoms with E-state index in [1.54, 1.807) is 25.2 Å². The van der Waals surface area contributed by atoms with Gasteiger partial charge in [0.1, 0.15) is 0 Å². The number of esters is 1. The molecule has 0 aromatic heterocycles. The number of anilines is 2. The number of nitrogens with zero attached hydrogens (tertiary/aromatic N) is 1. The van der Waals surface area contributed by atoms with Crippen LogP contribution in [0.2, 0.25) is 0 Å². The molecule has 0 aliphatic carbocycles. The first-order valence-electron chi connectivity index (χ1n) is 8.33. The van der Waals surface area contributed by atoms with Crippen molar-refractivity contribution >= 4 is 23.3 Å². The maximum Gasteiger partial charge on any atom is 0.331 e. The van der Waals surface area contributed by atoms with Crippen molar-refractivity contribution in [3.63, 3.8) is 0 Å². The van der Waals surface area contributed by atoms with E-state index in [4.69, 9.17) is 9.47 Å². The molecule has 1 aliphatic rings. The highest BCUT2D eigenvalue weighted by Gasteiger charge is 2.17. The number of nitrogens with one attached hydrogen (secondary N) is 1. The molecule has 0 spiro atoms. The average molecular weight is 344 g/mol. The quantitative estimate of drug-likeness (QED) is 0.488. The van der Waals surface area contributed by atoms with Crippen LogP contribution in [0.25, 0.3) is 0 Å². The van der Waals surface area contributed by atoms with Gasteiger partial charge in [-0.05, 0) is 38.1 Å². The van der Waals surface area contributed by atoms with Gasteiger partial charge in [0.25, 0.3) is 5.91 Å². The van der Waals surface area contributed by atoms with Gasteiger partial charge in [0, 0.05) is 30.5 Å². The minimum atomic E-state index is -0.873. The minimum Gasteiger partial charge on any atom is -0.449 e. The molecular formula is C19H24N2O4. The molecule has 0 saturated carbocycles. The molecule has 6 nitrogen and oxygen atoms in total. The van der Waals surface area contributed by atoms with Crippen molar-refractivity contribution < 1.29 is 19.1 Å². The van der Waals surface area contributed by atoms with E-state index in [2.05, 4.69) is 10.2 Å². The Balaban J connectivity index is 1.85. The van der Waals surface area contributed by atoms with Crippen molar-refractivity contribution in [2.45, 2.75) is 20.0 Å². The van der Waals surface area contributed by atoms with Crippen LogP contribution in [-0.2, 0) is 19.1 Å². The lowest BCUT2D eigenvalue weighted by Crippen LogP contribution is -2.36. The highest BCUT2D eigenvalue weighted by atomic mass is 16.5. The number of hydrogen-bond acceptors (Lipinski definition) is 5. The molecule has 6 heteroatoms. The van der Waals surface area contributed by atoms with Gasteiger partial charge in [-0.2, -0.15) is 0 Å². The van der Waals surface area contributed by atoms with Crippen LogP contribution in [-0.4, -0.2) is 44.3 Å². The van der Waals surface area contributed by atoms with E-state index >= 15 is 0 Å². The van der Waals surface area contributed by atoms with Gasteiger partial charge in [0.15, 0.2) is 6.10 Å². The summed E-state index contributed by atoms with van der Waals surface area (Å²) in [6, 6.07) is 7.58. The summed E-state index contributed by atoms with van der Waals surface area (Å²) in [6.07, 6.45) is 5.47. The molecular weight excluding hydrogens is 320 g/mol. The fourth-order valence-electron chi connectivity index (χ4n) is 2.33. The number of benzene rings is 1. The van der Waals surface area contributed by atoms with Crippen LogP contribution in [0.3, 0.4) is 0 Å². The molecule has 1 aliphatic heterocycles. The van der Waals surface area contributed by atoms with Crippen LogP contribution < -0.4 is 10.2 Å². The maximum atomic E-state index is 12.1. The largest absolute Gasteiger partial charge is 0.449 e. The Morgan fingerprint density at radius 1 is 1.20 bits per heavy atom. The highest BCUT2D eigenvalue weighted by molar-refractivity contribution is 5.96. The second-order valence-corrected chi connectivity index (χ2v) is 5.60. The first-order chi connectivity index (χ1) is 12.1. The molecule has 1 saturated heterocycles. The third kappa shape index (κ3) is 6.08. The lowest BCUT2D eigenvalue weighted by atomic mass is 10.2. The van der Waals surface area contributed by atoms with Crippen LogP contribution in [0, 0.1) is 0 Å². The van der Waals surface area contributed by atoms with Crippen LogP contribution in [0.1, 0.15) is 13.8 Å². The van der Waals surface area contributed by atoms with E-state index in [0.29, 0.717) is 5.69 Å². The first kappa shape index (κ1) is 18.7. The molecule has 1 N–H and O–H groups in total. The summed E-state index contributed by atoms with van der Waals surface area (Å²) < 4.78 is 10.4. The van der Waals surface area contributed by atoms with Crippen LogP contribution in [0.15, 0.2) is 48.6 Å². The Morgan fingerprint density at radius 2 is 1.88 bits per heavy atom. The van der Waals surface area contributed by atoms with E-state index < -0.39 is 12.1 Å². The van der Waals surface area contributed by atoms with Crippen molar-refractivity contribution in [1.29, 1.82) is 0 Å². The Bertz CT molecular complexity index is 631. The molecule has 0 bridgehead atoms. The molecule has 2 rings (SSSR count). The first-order valence-corrected chi connectivity index (χ1v) is 8.33. The number of ether oxygens (including phenoxy) is 2. The molecule has 1 fully saturated rings. The van der Waals surface area contributed by atoms with Crippen molar-refractivity contribution in [2.75, 3.05) is 36.5 Å². The number of rotatable bonds is 6. The van der Waals surface area contributed by atoms with Gasteiger partial charge in [-0.3, -0.25) is 4.79 Å². The van der Waals surface area contributed by atoms with Gasteiger partial charge < -0.3 is 19.7 Å². The smallest absolute Gasteiger partial charge is 0.331 e. The molecule has 0 radical (unpaired) electrons. The molecule has 1 amide bonds. The predicted octanol–water partition coefficient (Wildman–Crippen LogP) is 2.53. The third-order valence-corrected chi connectivity index (χ3v) is 3.71. The molecule has 1 heterocycles. The van der Waals surface area contributed by atoms with Crippen LogP contribution in [0.5, 0.6) is 0 Å². The SMILES string of the molecule is C/C=C/C=C/C(=O)O[C@H](C)C(=O)Nc1ccc(N2CCOCC2)cc1. The number of carbonyl (C=O) groups excluding carboxylic acids is 2. The number of hydrogen-bond donors (Lipinski definition) is 1. The van der Waals surface area contributed by atoms with Gasteiger partial charge in [-0.15, -0.1) is 0 Å². The molecule has 1 aromatic rings. The van der Waals surface area contributed by atoms with Gasteiger partial charge >= 0.3 is 5.97 Å². The molecule has 25 heavy (non-hydrogen) atoms. The van der Waals surface area contributed by atoms with E-state index in [1.165, 1.54) is 6.08 Å². The second-order valence-electron chi connectivity index (χ2n) is 5.60. The zero-order chi connectivity index (χ0) is 18.1. The Morgan fingerprint density at radius 3 is 2.52 bits per heavy atom. The molecule has 134 valence electrons. The number of morpholine rings is 1. The standard InChI is InChI=1S/C19H24N2O4/c1-3-4-5-6-18(22)25-15(2)19(23)20-16-7-9-17(10-8-16)21-11-13-24-14-12-21/h3-10,15H,11-14H2,1-2H3,(H,20,23)/b4-3+,6-5+/t15-/m1/s1. The van der Waals surface area contributed by atoms with E-state index in [-0.39, 0.29) is 5.91 Å². The van der Waals surface area contributed by atoms with Crippen molar-refractivity contribution in [2.24, 2.45) is 0 Å². The number of carbonyl (C=O) groups is 2. The Labute approximate surface area is 148 Å². The summed E-state index contributed by atoms with van der Waals surface area (Å²) in [4.78, 5) is 25.9. The predicted molar refractivity (Wildman–Crippen MR) is 97.6 cm³/mol. The van der Waals surface area contributed by atoms with E-state index in [0.717, 1.165) is 32.0 Å². The van der Waals surface area contributed by atoms with Gasteiger partial charge in [0.05, 0.1) is 13.2 Å². The minimum absolute atomic E-state index is 0.369. The van der Waals surface area contributed by atoms with Crippen molar-refractivity contribution in [1.82, 2.24) is 0 Å². The summed E-state index contributed by atoms with van der Waals surface area (Å²) >= 11 is 0. The molecule has 0 unspecified atom stereocenters. The summed E-state index contributed by atoms with van der Waals surface area (Å²) in [5, 5.41) is 2.75. The normalized spacial score (nSPS) is 16.2. The monoisotopic (exact) mass is 344 g/mol. The fourth-order valence-corrected chi connectivity index (χ4v) is 2.33. The van der Waals surface area contributed by atoms with E-state index in [9.17, 15) is 9.59 Å². The fraction of sp³-hybridized carbons (Fsp3) is 0.368. The topological polar surface area (TPSA) is 67.9 Å². The Hall–Kier alpha value is -2.60. The van der Waals surface area contributed by atoms with Gasteiger partial charge in [-0.25, -0.2) is 4.79 Å². The average Bonchev–Trinajstić information content (AvgIpc) is 2.63. The zero-order valence-electron chi connectivity index (χ0n) is 14.6. The number of amides is 1. The van der Waals surface area contributed by atoms with Crippen LogP contribution in [0.4, 0.5) is 11.4 Å². The second kappa shape index (κ2) is 9.64. The molecule has 1 aromatic carbocycles. The van der Waals surface area contributed by atoms with Crippen molar-refractivity contribution in [3.05, 3.63) is 48.6 Å². The summed E-state index contributed by atoms with van der Waals surface area (Å²) in [5.74, 6) is -0.921. The Kier molecular flexibility index (Phi) is 7.22. The lowest BCUT2D eigenvalue weighted by Gasteiger charge is -2.28. The third-order valence-electron chi connectivity index (χ3n) is 3.71. The summed E-state index contributed by atoms with van der Waals surface area (Å²) in [5.41, 5.74) is 1.75. The lowest BCUT2D eigenvalue weighted by molar-refractivity contribution is -0.148. The molecule has 1 atom stereocenters. The maximum absolute atomic E-state index is 12.1. The van der Waals surface area contributed by atoms with E-state index in [1.807, 2.05) is 31.2 Å². The summed E-state index contributed by atoms with van der Waals surface area (Å²) in [7, 11) is 0. The highest BCUT2D eigenvalue weighted by Crippen LogP contribution is 2.19. The van der Waals surface area contributed by atoms with Gasteiger partial charge in [0.2, 0.25) is 0 Å². The number of allylic oxidation sites excluding steroid dienone is 3. The van der Waals surface area contributed by atoms with Crippen molar-refractivity contribution in [3.8, 4) is 0 Å². The zero-order valence-corrected chi connectivity index (χ0v) is 14.6.